The van der Waals surface area contributed by atoms with Crippen LogP contribution in [-0.2, 0) is 0 Å². The van der Waals surface area contributed by atoms with Crippen LogP contribution in [0.4, 0.5) is 0 Å². The Morgan fingerprint density at radius 2 is 2.21 bits per heavy atom. The highest BCUT2D eigenvalue weighted by Crippen LogP contribution is 2.31. The molecule has 1 N–H and O–H groups in total. The molecule has 3 rings (SSSR count). The molecule has 0 aliphatic carbocycles. The molecule has 0 saturated carbocycles. The number of benzene rings is 1. The van der Waals surface area contributed by atoms with Crippen LogP contribution in [0.1, 0.15) is 36.0 Å². The monoisotopic (exact) mass is 344 g/mol. The number of fused-ring (bicyclic) bond motifs is 1. The molecule has 24 heavy (non-hydrogen) atoms. The average Bonchev–Trinajstić information content (AvgIpc) is 3.00. The highest BCUT2D eigenvalue weighted by Gasteiger charge is 2.17. The lowest BCUT2D eigenvalue weighted by atomic mass is 10.2. The van der Waals surface area contributed by atoms with Crippen LogP contribution in [-0.4, -0.2) is 17.5 Å². The molecule has 0 aliphatic heterocycles. The van der Waals surface area contributed by atoms with Gasteiger partial charge in [-0.15, -0.1) is 0 Å². The number of aromatic nitrogens is 1. The second-order valence-corrected chi connectivity index (χ2v) is 5.71. The maximum atomic E-state index is 12.3. The molecular formula is C18H17ClN2O3. The first-order valence-electron chi connectivity index (χ1n) is 7.66. The molecule has 124 valence electrons. The first-order chi connectivity index (χ1) is 11.6. The predicted octanol–water partition coefficient (Wildman–Crippen LogP) is 4.37. The Balaban J connectivity index is 1.82. The molecule has 6 heteroatoms. The van der Waals surface area contributed by atoms with Gasteiger partial charge in [-0.1, -0.05) is 23.7 Å². The molecule has 0 unspecified atom stereocenters. The number of carbonyl (C=O) groups is 1. The third kappa shape index (κ3) is 3.36. The number of hydrogen-bond acceptors (Lipinski definition) is 4. The van der Waals surface area contributed by atoms with E-state index in [0.29, 0.717) is 29.3 Å². The van der Waals surface area contributed by atoms with Gasteiger partial charge in [-0.25, -0.2) is 4.98 Å². The molecule has 0 radical (unpaired) electrons. The number of para-hydroxylation sites is 1. The van der Waals surface area contributed by atoms with Crippen LogP contribution in [0.2, 0.25) is 5.15 Å². The summed E-state index contributed by atoms with van der Waals surface area (Å²) in [5.41, 5.74) is 1.13. The topological polar surface area (TPSA) is 64.4 Å². The van der Waals surface area contributed by atoms with Crippen molar-refractivity contribution >= 4 is 28.5 Å². The number of halogens is 1. The van der Waals surface area contributed by atoms with Gasteiger partial charge in [-0.3, -0.25) is 4.79 Å². The normalized spacial score (nSPS) is 12.1. The summed E-state index contributed by atoms with van der Waals surface area (Å²) in [5.74, 6) is 1.11. The number of hydrogen-bond donors (Lipinski definition) is 1. The minimum atomic E-state index is -0.300. The minimum absolute atomic E-state index is 0.239. The lowest BCUT2D eigenvalue weighted by Gasteiger charge is -2.11. The van der Waals surface area contributed by atoms with Crippen LogP contribution in [0.15, 0.2) is 47.0 Å². The van der Waals surface area contributed by atoms with E-state index in [-0.39, 0.29) is 17.1 Å². The third-order valence-electron chi connectivity index (χ3n) is 3.59. The number of nitrogens with zero attached hydrogens (tertiary/aromatic N) is 1. The molecule has 5 nitrogen and oxygen atoms in total. The maximum absolute atomic E-state index is 12.3. The van der Waals surface area contributed by atoms with E-state index >= 15 is 0 Å². The summed E-state index contributed by atoms with van der Waals surface area (Å²) in [5, 5.41) is 4.10. The summed E-state index contributed by atoms with van der Waals surface area (Å²) in [7, 11) is 0. The van der Waals surface area contributed by atoms with Gasteiger partial charge in [0.05, 0.1) is 12.6 Å². The second kappa shape index (κ2) is 6.93. The number of carbonyl (C=O) groups excluding carboxylic acids is 1. The Hall–Kier alpha value is -2.53. The molecule has 1 amide bonds. The van der Waals surface area contributed by atoms with Gasteiger partial charge >= 0.3 is 0 Å². The van der Waals surface area contributed by atoms with Gasteiger partial charge in [0, 0.05) is 17.1 Å². The van der Waals surface area contributed by atoms with E-state index in [1.54, 1.807) is 6.07 Å². The highest BCUT2D eigenvalue weighted by molar-refractivity contribution is 6.29. The number of furan rings is 1. The molecule has 0 fully saturated rings. The zero-order valence-corrected chi connectivity index (χ0v) is 14.1. The van der Waals surface area contributed by atoms with Crippen molar-refractivity contribution in [2.45, 2.75) is 19.9 Å². The van der Waals surface area contributed by atoms with Crippen LogP contribution in [0, 0.1) is 0 Å². The van der Waals surface area contributed by atoms with E-state index in [9.17, 15) is 4.79 Å². The van der Waals surface area contributed by atoms with Crippen molar-refractivity contribution in [1.29, 1.82) is 0 Å². The van der Waals surface area contributed by atoms with Crippen LogP contribution in [0.3, 0.4) is 0 Å². The number of ether oxygens (including phenoxy) is 1. The lowest BCUT2D eigenvalue weighted by molar-refractivity contribution is 0.0935. The number of nitrogens with one attached hydrogen (secondary N) is 1. The zero-order chi connectivity index (χ0) is 17.1. The Kier molecular flexibility index (Phi) is 4.71. The molecular weight excluding hydrogens is 328 g/mol. The summed E-state index contributed by atoms with van der Waals surface area (Å²) < 4.78 is 11.5. The van der Waals surface area contributed by atoms with Gasteiger partial charge in [0.2, 0.25) is 0 Å². The van der Waals surface area contributed by atoms with Crippen molar-refractivity contribution in [3.05, 3.63) is 59.1 Å². The molecule has 0 bridgehead atoms. The molecule has 1 atom stereocenters. The molecule has 2 heterocycles. The largest absolute Gasteiger partial charge is 0.490 e. The molecule has 0 aliphatic rings. The van der Waals surface area contributed by atoms with E-state index in [1.807, 2.05) is 38.1 Å². The smallest absolute Gasteiger partial charge is 0.252 e. The van der Waals surface area contributed by atoms with Crippen molar-refractivity contribution in [1.82, 2.24) is 10.3 Å². The minimum Gasteiger partial charge on any atom is -0.490 e. The van der Waals surface area contributed by atoms with Gasteiger partial charge in [-0.2, -0.15) is 0 Å². The van der Waals surface area contributed by atoms with Gasteiger partial charge in [0.1, 0.15) is 10.9 Å². The molecule has 3 aromatic rings. The summed E-state index contributed by atoms with van der Waals surface area (Å²) in [6.45, 7) is 4.34. The quantitative estimate of drug-likeness (QED) is 0.698. The predicted molar refractivity (Wildman–Crippen MR) is 92.5 cm³/mol. The Morgan fingerprint density at radius 3 is 2.96 bits per heavy atom. The summed E-state index contributed by atoms with van der Waals surface area (Å²) in [4.78, 5) is 16.2. The number of amides is 1. The average molecular weight is 345 g/mol. The van der Waals surface area contributed by atoms with E-state index in [1.165, 1.54) is 12.3 Å². The number of pyridine rings is 1. The Bertz CT molecular complexity index is 876. The van der Waals surface area contributed by atoms with E-state index in [0.717, 1.165) is 5.39 Å². The van der Waals surface area contributed by atoms with Crippen LogP contribution >= 0.6 is 11.6 Å². The fraction of sp³-hybridized carbons (Fsp3) is 0.222. The van der Waals surface area contributed by atoms with E-state index in [4.69, 9.17) is 20.8 Å². The SMILES string of the molecule is CCOc1cccc2cc([C@H](C)NC(=O)c3ccnc(Cl)c3)oc12. The Morgan fingerprint density at radius 1 is 1.38 bits per heavy atom. The van der Waals surface area contributed by atoms with Crippen LogP contribution in [0.25, 0.3) is 11.0 Å². The van der Waals surface area contributed by atoms with Gasteiger partial charge in [-0.05, 0) is 38.1 Å². The molecule has 1 aromatic carbocycles. The second-order valence-electron chi connectivity index (χ2n) is 5.32. The summed E-state index contributed by atoms with van der Waals surface area (Å²) in [6.07, 6.45) is 1.50. The standard InChI is InChI=1S/C18H17ClN2O3/c1-3-23-14-6-4-5-12-9-15(24-17(12)14)11(2)21-18(22)13-7-8-20-16(19)10-13/h4-11H,3H2,1-2H3,(H,21,22)/t11-/m0/s1. The summed E-state index contributed by atoms with van der Waals surface area (Å²) in [6, 6.07) is 10.5. The van der Waals surface area contributed by atoms with Crippen molar-refractivity contribution in [3.63, 3.8) is 0 Å². The summed E-state index contributed by atoms with van der Waals surface area (Å²) >= 11 is 5.82. The van der Waals surface area contributed by atoms with Gasteiger partial charge in [0.25, 0.3) is 5.91 Å². The van der Waals surface area contributed by atoms with E-state index < -0.39 is 0 Å². The Labute approximate surface area is 144 Å². The van der Waals surface area contributed by atoms with Crippen molar-refractivity contribution in [2.75, 3.05) is 6.61 Å². The molecule has 2 aromatic heterocycles. The molecule has 0 saturated heterocycles. The fourth-order valence-electron chi connectivity index (χ4n) is 2.43. The van der Waals surface area contributed by atoms with Crippen LogP contribution in [0.5, 0.6) is 5.75 Å². The highest BCUT2D eigenvalue weighted by atomic mass is 35.5. The number of rotatable bonds is 5. The molecule has 0 spiro atoms. The fourth-order valence-corrected chi connectivity index (χ4v) is 2.61. The van der Waals surface area contributed by atoms with Gasteiger partial charge in [0.15, 0.2) is 11.3 Å². The van der Waals surface area contributed by atoms with Crippen molar-refractivity contribution in [3.8, 4) is 5.75 Å². The van der Waals surface area contributed by atoms with Crippen molar-refractivity contribution in [2.24, 2.45) is 0 Å². The van der Waals surface area contributed by atoms with Gasteiger partial charge < -0.3 is 14.5 Å². The van der Waals surface area contributed by atoms with Crippen molar-refractivity contribution < 1.29 is 13.9 Å². The zero-order valence-electron chi connectivity index (χ0n) is 13.4. The maximum Gasteiger partial charge on any atom is 0.252 e. The third-order valence-corrected chi connectivity index (χ3v) is 3.80. The first kappa shape index (κ1) is 16.3. The van der Waals surface area contributed by atoms with E-state index in [2.05, 4.69) is 10.3 Å². The lowest BCUT2D eigenvalue weighted by Crippen LogP contribution is -2.26. The first-order valence-corrected chi connectivity index (χ1v) is 8.04. The van der Waals surface area contributed by atoms with Crippen LogP contribution < -0.4 is 10.1 Å².